The van der Waals surface area contributed by atoms with Crippen LogP contribution in [-0.2, 0) is 27.8 Å². The zero-order chi connectivity index (χ0) is 34.3. The first-order chi connectivity index (χ1) is 23.5. The maximum Gasteiger partial charge on any atom is 0.264 e. The van der Waals surface area contributed by atoms with E-state index in [1.54, 1.807) is 25.1 Å². The molecule has 7 atom stereocenters. The van der Waals surface area contributed by atoms with Crippen LogP contribution < -0.4 is 14.4 Å². The molecule has 2 aromatic rings. The largest absolute Gasteiger partial charge is 0.487 e. The fraction of sp³-hybridized carbons (Fsp3) is 0.658. The number of sulfonamides is 1. The van der Waals surface area contributed by atoms with Gasteiger partial charge >= 0.3 is 0 Å². The van der Waals surface area contributed by atoms with Gasteiger partial charge in [0, 0.05) is 43.3 Å². The summed E-state index contributed by atoms with van der Waals surface area (Å²) >= 11 is 6.38. The molecular weight excluding hydrogens is 662 g/mol. The van der Waals surface area contributed by atoms with Crippen LogP contribution in [0.15, 0.2) is 36.4 Å². The molecule has 1 aliphatic carbocycles. The molecule has 0 spiro atoms. The van der Waals surface area contributed by atoms with E-state index in [9.17, 15) is 18.3 Å². The average Bonchev–Trinajstić information content (AvgIpc) is 3.37. The lowest BCUT2D eigenvalue weighted by atomic mass is 9.62. The number of aryl methyl sites for hydroxylation is 1. The number of fused-ring (bicyclic) bond motifs is 5. The van der Waals surface area contributed by atoms with Crippen molar-refractivity contribution in [2.75, 3.05) is 37.6 Å². The number of hydrogen-bond acceptors (Lipinski definition) is 8. The number of likely N-dealkylation sites (tertiary alicyclic amines) is 1. The Labute approximate surface area is 296 Å². The second kappa shape index (κ2) is 14.3. The average molecular weight is 714 g/mol. The fourth-order valence-corrected chi connectivity index (χ4v) is 10.5. The predicted octanol–water partition coefficient (Wildman–Crippen LogP) is 5.95. The number of amides is 1. The van der Waals surface area contributed by atoms with E-state index in [0.29, 0.717) is 36.8 Å². The quantitative estimate of drug-likeness (QED) is 0.393. The number of carbonyl (C=O) groups is 1. The van der Waals surface area contributed by atoms with Crippen LogP contribution in [0.3, 0.4) is 0 Å². The van der Waals surface area contributed by atoms with Gasteiger partial charge in [0.1, 0.15) is 12.4 Å². The van der Waals surface area contributed by atoms with Crippen LogP contribution in [0.5, 0.6) is 5.75 Å². The van der Waals surface area contributed by atoms with Crippen molar-refractivity contribution in [1.82, 2.24) is 9.62 Å². The fourth-order valence-electron chi connectivity index (χ4n) is 9.01. The van der Waals surface area contributed by atoms with Crippen LogP contribution in [0.4, 0.5) is 5.69 Å². The number of nitrogens with zero attached hydrogens (tertiary/aromatic N) is 2. The number of hydrogen-bond donors (Lipinski definition) is 2. The van der Waals surface area contributed by atoms with Gasteiger partial charge in [0.25, 0.3) is 5.91 Å². The molecule has 0 unspecified atom stereocenters. The van der Waals surface area contributed by atoms with E-state index in [0.717, 1.165) is 88.8 Å². The molecule has 7 rings (SSSR count). The Bertz CT molecular complexity index is 1630. The minimum absolute atomic E-state index is 0.123. The van der Waals surface area contributed by atoms with Crippen molar-refractivity contribution in [1.29, 1.82) is 0 Å². The van der Waals surface area contributed by atoms with E-state index < -0.39 is 26.8 Å². The molecule has 49 heavy (non-hydrogen) atoms. The summed E-state index contributed by atoms with van der Waals surface area (Å²) in [6.45, 7) is 7.78. The number of aliphatic hydroxyl groups is 1. The molecule has 5 aliphatic rings. The highest BCUT2D eigenvalue weighted by molar-refractivity contribution is 7.90. The maximum atomic E-state index is 13.5. The zero-order valence-electron chi connectivity index (χ0n) is 28.9. The second-order valence-corrected chi connectivity index (χ2v) is 18.0. The van der Waals surface area contributed by atoms with E-state index >= 15 is 0 Å². The number of rotatable bonds is 2. The molecule has 9 nitrogen and oxygen atoms in total. The number of β-amino-alcohol motifs (C(OH)–C–C–N with tert-alkyl or cyclic N) is 1. The highest BCUT2D eigenvalue weighted by Crippen LogP contribution is 2.47. The normalized spacial score (nSPS) is 34.0. The first-order valence-corrected chi connectivity index (χ1v) is 20.3. The summed E-state index contributed by atoms with van der Waals surface area (Å²) in [4.78, 5) is 18.3. The zero-order valence-corrected chi connectivity index (χ0v) is 30.5. The van der Waals surface area contributed by atoms with Gasteiger partial charge in [-0.3, -0.25) is 9.69 Å². The van der Waals surface area contributed by atoms with Crippen LogP contribution in [-0.4, -0.2) is 80.1 Å². The van der Waals surface area contributed by atoms with Crippen LogP contribution in [0.2, 0.25) is 5.02 Å². The van der Waals surface area contributed by atoms with Crippen molar-refractivity contribution in [3.8, 4) is 5.75 Å². The molecule has 1 amide bonds. The highest BCUT2D eigenvalue weighted by atomic mass is 35.5. The standard InChI is InChI=1S/C38H52ClN3O6S/c1-25-6-5-16-38(44,24-41-21-32-12-13-33(22-41)48-32)34-14-9-29(34)20-42-17-4-3-7-27-18-31(39)11-8-30(27)23-47-36-15-10-28(19-35(36)42)37(43)40-49(45,46)26(25)2/h8,10-11,15,18-19,25-26,29,32-34,44H,3-7,9,12-14,16-17,20-24H2,1-2H3,(H,40,43)/t25-,26+,29-,32-,33+,34+,38-/m0/s1. The lowest BCUT2D eigenvalue weighted by Gasteiger charge is -2.51. The van der Waals surface area contributed by atoms with Gasteiger partial charge in [-0.05, 0) is 124 Å². The Morgan fingerprint density at radius 1 is 0.959 bits per heavy atom. The SMILES string of the molecule is C[C@@H]1[C@@H](C)CCC[C@](O)(CN2C[C@H]3CC[C@@H](C2)O3)[C@@H]2CC[C@H]2CN2CCCCc3cc(Cl)ccc3COc3ccc(cc32)C(=O)NS1(=O)=O. The van der Waals surface area contributed by atoms with Gasteiger partial charge < -0.3 is 19.5 Å². The Kier molecular flexibility index (Phi) is 10.3. The lowest BCUT2D eigenvalue weighted by Crippen LogP contribution is -2.58. The van der Waals surface area contributed by atoms with E-state index in [4.69, 9.17) is 21.1 Å². The van der Waals surface area contributed by atoms with Gasteiger partial charge in [-0.15, -0.1) is 0 Å². The Hall–Kier alpha value is -2.37. The molecule has 2 N–H and O–H groups in total. The summed E-state index contributed by atoms with van der Waals surface area (Å²) in [5.74, 6) is 0.239. The molecule has 11 heteroatoms. The van der Waals surface area contributed by atoms with Crippen molar-refractivity contribution in [2.45, 2.75) is 108 Å². The van der Waals surface area contributed by atoms with Gasteiger partial charge in [0.05, 0.1) is 28.7 Å². The molecule has 4 bridgehead atoms. The van der Waals surface area contributed by atoms with Gasteiger partial charge in [-0.25, -0.2) is 13.1 Å². The summed E-state index contributed by atoms with van der Waals surface area (Å²) in [7, 11) is -3.94. The number of morpholine rings is 1. The van der Waals surface area contributed by atoms with Crippen LogP contribution >= 0.6 is 11.6 Å². The number of benzene rings is 2. The predicted molar refractivity (Wildman–Crippen MR) is 192 cm³/mol. The monoisotopic (exact) mass is 713 g/mol. The van der Waals surface area contributed by atoms with Gasteiger partial charge in [-0.2, -0.15) is 0 Å². The van der Waals surface area contributed by atoms with Crippen molar-refractivity contribution in [3.63, 3.8) is 0 Å². The van der Waals surface area contributed by atoms with Crippen molar-refractivity contribution in [2.24, 2.45) is 17.8 Å². The van der Waals surface area contributed by atoms with E-state index in [1.165, 1.54) is 5.56 Å². The summed E-state index contributed by atoms with van der Waals surface area (Å²) in [5, 5.41) is 12.6. The molecule has 2 saturated heterocycles. The summed E-state index contributed by atoms with van der Waals surface area (Å²) in [6.07, 6.45) is 9.43. The molecule has 0 aromatic heterocycles. The van der Waals surface area contributed by atoms with Crippen molar-refractivity contribution < 1.29 is 27.8 Å². The minimum Gasteiger partial charge on any atom is -0.487 e. The Morgan fingerprint density at radius 2 is 1.76 bits per heavy atom. The number of ether oxygens (including phenoxy) is 2. The van der Waals surface area contributed by atoms with Crippen LogP contribution in [0.25, 0.3) is 0 Å². The number of halogens is 1. The molecule has 3 fully saturated rings. The molecule has 1 saturated carbocycles. The summed E-state index contributed by atoms with van der Waals surface area (Å²) < 4.78 is 42.0. The highest BCUT2D eigenvalue weighted by Gasteiger charge is 2.49. The summed E-state index contributed by atoms with van der Waals surface area (Å²) in [5.41, 5.74) is 2.44. The molecule has 268 valence electrons. The number of carbonyl (C=O) groups excluding carboxylic acids is 1. The number of anilines is 1. The molecular formula is C38H52ClN3O6S. The van der Waals surface area contributed by atoms with Gasteiger partial charge in [-0.1, -0.05) is 31.0 Å². The molecule has 4 aliphatic heterocycles. The molecule has 0 radical (unpaired) electrons. The Morgan fingerprint density at radius 3 is 2.51 bits per heavy atom. The van der Waals surface area contributed by atoms with Crippen molar-refractivity contribution in [3.05, 3.63) is 58.1 Å². The summed E-state index contributed by atoms with van der Waals surface area (Å²) in [6, 6.07) is 11.2. The van der Waals surface area contributed by atoms with Crippen molar-refractivity contribution >= 4 is 33.2 Å². The van der Waals surface area contributed by atoms with E-state index in [-0.39, 0.29) is 35.5 Å². The second-order valence-electron chi connectivity index (χ2n) is 15.5. The smallest absolute Gasteiger partial charge is 0.264 e. The third-order valence-electron chi connectivity index (χ3n) is 12.2. The van der Waals surface area contributed by atoms with Gasteiger partial charge in [0.15, 0.2) is 0 Å². The first kappa shape index (κ1) is 35.1. The third kappa shape index (κ3) is 7.64. The Balaban J connectivity index is 1.24. The minimum atomic E-state index is -3.94. The number of nitrogens with one attached hydrogen (secondary N) is 1. The van der Waals surface area contributed by atoms with Crippen LogP contribution in [0.1, 0.15) is 93.1 Å². The molecule has 2 aromatic carbocycles. The topological polar surface area (TPSA) is 108 Å². The third-order valence-corrected chi connectivity index (χ3v) is 14.4. The van der Waals surface area contributed by atoms with E-state index in [1.807, 2.05) is 25.1 Å². The lowest BCUT2D eigenvalue weighted by molar-refractivity contribution is -0.125. The first-order valence-electron chi connectivity index (χ1n) is 18.4. The maximum absolute atomic E-state index is 13.5. The van der Waals surface area contributed by atoms with Gasteiger partial charge in [0.2, 0.25) is 10.0 Å². The molecule has 4 heterocycles. The van der Waals surface area contributed by atoms with E-state index in [2.05, 4.69) is 14.5 Å². The van der Waals surface area contributed by atoms with Crippen LogP contribution in [0, 0.1) is 17.8 Å².